The molecule has 1 aromatic carbocycles. The normalized spacial score (nSPS) is 20.5. The first-order valence-corrected chi connectivity index (χ1v) is 9.82. The van der Waals surface area contributed by atoms with Crippen LogP contribution in [0.2, 0.25) is 0 Å². The average Bonchev–Trinajstić information content (AvgIpc) is 2.98. The van der Waals surface area contributed by atoms with Crippen molar-refractivity contribution in [1.82, 2.24) is 10.2 Å². The lowest BCUT2D eigenvalue weighted by Crippen LogP contribution is -2.45. The summed E-state index contributed by atoms with van der Waals surface area (Å²) >= 11 is 2.60. The molecule has 1 aliphatic rings. The van der Waals surface area contributed by atoms with Crippen molar-refractivity contribution in [2.75, 3.05) is 34.8 Å². The van der Waals surface area contributed by atoms with Crippen LogP contribution in [-0.4, -0.2) is 47.2 Å². The molecule has 2 atom stereocenters. The lowest BCUT2D eigenvalue weighted by atomic mass is 10.2. The molecule has 3 rings (SSSR count). The van der Waals surface area contributed by atoms with Crippen molar-refractivity contribution in [3.8, 4) is 0 Å². The number of anilines is 3. The van der Waals surface area contributed by atoms with Crippen LogP contribution < -0.4 is 16.0 Å². The summed E-state index contributed by atoms with van der Waals surface area (Å²) in [6, 6.07) is 7.90. The highest BCUT2D eigenvalue weighted by Crippen LogP contribution is 2.24. The maximum Gasteiger partial charge on any atom is 0.234 e. The van der Waals surface area contributed by atoms with Crippen LogP contribution in [-0.2, 0) is 9.53 Å². The maximum absolute atomic E-state index is 12.0. The Labute approximate surface area is 154 Å². The van der Waals surface area contributed by atoms with Crippen LogP contribution in [0.15, 0.2) is 28.6 Å². The first-order valence-electron chi connectivity index (χ1n) is 8.01. The Morgan fingerprint density at radius 3 is 2.60 bits per heavy atom. The van der Waals surface area contributed by atoms with Crippen LogP contribution in [0.1, 0.15) is 13.8 Å². The standard InChI is InChI=1S/C16H21N5O2S2/c1-10-7-21(8-11(2)23-10)13-5-3-12(4-6-13)18-14(22)9-24-16-20-19-15(17)25-16/h3-6,10-11H,7-9H2,1-2H3,(H2,17,19)(H,18,22). The van der Waals surface area contributed by atoms with E-state index >= 15 is 0 Å². The zero-order chi connectivity index (χ0) is 17.8. The number of hydrogen-bond donors (Lipinski definition) is 2. The quantitative estimate of drug-likeness (QED) is 0.771. The smallest absolute Gasteiger partial charge is 0.234 e. The molecule has 7 nitrogen and oxygen atoms in total. The van der Waals surface area contributed by atoms with Crippen LogP contribution in [0.25, 0.3) is 0 Å². The summed E-state index contributed by atoms with van der Waals surface area (Å²) in [7, 11) is 0. The minimum absolute atomic E-state index is 0.0832. The third-order valence-corrected chi connectivity index (χ3v) is 5.57. The summed E-state index contributed by atoms with van der Waals surface area (Å²) in [5.41, 5.74) is 7.44. The lowest BCUT2D eigenvalue weighted by molar-refractivity contribution is -0.113. The Balaban J connectivity index is 1.52. The number of carbonyl (C=O) groups excluding carboxylic acids is 1. The molecule has 2 unspecified atom stereocenters. The zero-order valence-electron chi connectivity index (χ0n) is 14.1. The predicted octanol–water partition coefficient (Wildman–Crippen LogP) is 2.46. The number of morpholine rings is 1. The first kappa shape index (κ1) is 18.0. The lowest BCUT2D eigenvalue weighted by Gasteiger charge is -2.36. The number of amides is 1. The number of carbonyl (C=O) groups is 1. The SMILES string of the molecule is CC1CN(c2ccc(NC(=O)CSc3nnc(N)s3)cc2)CC(C)O1. The fraction of sp³-hybridized carbons (Fsp3) is 0.438. The second kappa shape index (κ2) is 8.03. The summed E-state index contributed by atoms with van der Waals surface area (Å²) in [6.45, 7) is 5.91. The van der Waals surface area contributed by atoms with Gasteiger partial charge in [0.1, 0.15) is 0 Å². The Morgan fingerprint density at radius 2 is 2.00 bits per heavy atom. The van der Waals surface area contributed by atoms with E-state index in [1.807, 2.05) is 24.3 Å². The Kier molecular flexibility index (Phi) is 5.77. The highest BCUT2D eigenvalue weighted by atomic mass is 32.2. The van der Waals surface area contributed by atoms with Gasteiger partial charge in [0.2, 0.25) is 11.0 Å². The van der Waals surface area contributed by atoms with Crippen LogP contribution in [0.4, 0.5) is 16.5 Å². The molecule has 3 N–H and O–H groups in total. The number of nitrogens with zero attached hydrogens (tertiary/aromatic N) is 3. The molecule has 1 amide bonds. The van der Waals surface area contributed by atoms with E-state index in [9.17, 15) is 4.79 Å². The average molecular weight is 380 g/mol. The number of nitrogens with one attached hydrogen (secondary N) is 1. The van der Waals surface area contributed by atoms with Gasteiger partial charge in [-0.1, -0.05) is 23.1 Å². The molecule has 1 saturated heterocycles. The fourth-order valence-corrected chi connectivity index (χ4v) is 4.18. The topological polar surface area (TPSA) is 93.4 Å². The summed E-state index contributed by atoms with van der Waals surface area (Å²) in [6.07, 6.45) is 0.434. The molecule has 1 aromatic heterocycles. The van der Waals surface area contributed by atoms with Gasteiger partial charge in [0, 0.05) is 24.5 Å². The van der Waals surface area contributed by atoms with Gasteiger partial charge in [0.15, 0.2) is 4.34 Å². The molecular formula is C16H21N5O2S2. The molecular weight excluding hydrogens is 358 g/mol. The van der Waals surface area contributed by atoms with E-state index in [2.05, 4.69) is 34.3 Å². The number of hydrogen-bond acceptors (Lipinski definition) is 8. The maximum atomic E-state index is 12.0. The van der Waals surface area contributed by atoms with Crippen LogP contribution in [0.5, 0.6) is 0 Å². The summed E-state index contributed by atoms with van der Waals surface area (Å²) in [5, 5.41) is 10.9. The molecule has 0 aliphatic carbocycles. The van der Waals surface area contributed by atoms with Crippen LogP contribution in [0, 0.1) is 0 Å². The van der Waals surface area contributed by atoms with Gasteiger partial charge in [-0.3, -0.25) is 4.79 Å². The van der Waals surface area contributed by atoms with E-state index in [1.165, 1.54) is 23.1 Å². The molecule has 134 valence electrons. The van der Waals surface area contributed by atoms with E-state index < -0.39 is 0 Å². The van der Waals surface area contributed by atoms with Gasteiger partial charge in [0.25, 0.3) is 0 Å². The van der Waals surface area contributed by atoms with Gasteiger partial charge in [-0.05, 0) is 38.1 Å². The number of nitrogen functional groups attached to an aromatic ring is 1. The second-order valence-electron chi connectivity index (χ2n) is 5.95. The third kappa shape index (κ3) is 5.07. The van der Waals surface area contributed by atoms with Gasteiger partial charge in [-0.2, -0.15) is 0 Å². The number of rotatable bonds is 5. The Morgan fingerprint density at radius 1 is 1.32 bits per heavy atom. The molecule has 2 heterocycles. The van der Waals surface area contributed by atoms with E-state index in [0.717, 1.165) is 24.5 Å². The molecule has 25 heavy (non-hydrogen) atoms. The molecule has 1 fully saturated rings. The molecule has 0 spiro atoms. The van der Waals surface area contributed by atoms with Crippen molar-refractivity contribution >= 4 is 45.5 Å². The van der Waals surface area contributed by atoms with Crippen molar-refractivity contribution in [2.45, 2.75) is 30.4 Å². The van der Waals surface area contributed by atoms with Gasteiger partial charge < -0.3 is 20.7 Å². The van der Waals surface area contributed by atoms with Gasteiger partial charge in [-0.25, -0.2) is 0 Å². The zero-order valence-corrected chi connectivity index (χ0v) is 15.8. The Bertz CT molecular complexity index is 712. The van der Waals surface area contributed by atoms with Crippen molar-refractivity contribution in [3.05, 3.63) is 24.3 Å². The second-order valence-corrected chi connectivity index (χ2v) is 8.18. The summed E-state index contributed by atoms with van der Waals surface area (Å²) in [4.78, 5) is 14.3. The predicted molar refractivity (Wildman–Crippen MR) is 102 cm³/mol. The van der Waals surface area contributed by atoms with E-state index in [4.69, 9.17) is 10.5 Å². The van der Waals surface area contributed by atoms with E-state index in [-0.39, 0.29) is 23.9 Å². The minimum Gasteiger partial charge on any atom is -0.374 e. The number of aromatic nitrogens is 2. The van der Waals surface area contributed by atoms with Gasteiger partial charge in [0.05, 0.1) is 18.0 Å². The van der Waals surface area contributed by atoms with Crippen molar-refractivity contribution in [1.29, 1.82) is 0 Å². The largest absolute Gasteiger partial charge is 0.374 e. The first-order chi connectivity index (χ1) is 12.0. The highest BCUT2D eigenvalue weighted by Gasteiger charge is 2.22. The molecule has 0 radical (unpaired) electrons. The van der Waals surface area contributed by atoms with Crippen molar-refractivity contribution < 1.29 is 9.53 Å². The molecule has 1 aliphatic heterocycles. The minimum atomic E-state index is -0.0832. The third-order valence-electron chi connectivity index (χ3n) is 3.68. The van der Waals surface area contributed by atoms with Crippen LogP contribution in [0.3, 0.4) is 0 Å². The summed E-state index contributed by atoms with van der Waals surface area (Å²) in [5.74, 6) is 0.189. The number of benzene rings is 1. The molecule has 0 saturated carbocycles. The molecule has 2 aromatic rings. The van der Waals surface area contributed by atoms with Crippen molar-refractivity contribution in [3.63, 3.8) is 0 Å². The summed E-state index contributed by atoms with van der Waals surface area (Å²) < 4.78 is 6.45. The van der Waals surface area contributed by atoms with Crippen LogP contribution >= 0.6 is 23.1 Å². The van der Waals surface area contributed by atoms with Gasteiger partial charge >= 0.3 is 0 Å². The van der Waals surface area contributed by atoms with Crippen molar-refractivity contribution in [2.24, 2.45) is 0 Å². The fourth-order valence-electron chi connectivity index (χ4n) is 2.75. The van der Waals surface area contributed by atoms with E-state index in [1.54, 1.807) is 0 Å². The molecule has 0 bridgehead atoms. The molecule has 9 heteroatoms. The number of thioether (sulfide) groups is 1. The van der Waals surface area contributed by atoms with E-state index in [0.29, 0.717) is 9.47 Å². The highest BCUT2D eigenvalue weighted by molar-refractivity contribution is 8.01. The monoisotopic (exact) mass is 379 g/mol. The Hall–Kier alpha value is -1.84. The number of ether oxygens (including phenoxy) is 1. The number of nitrogens with two attached hydrogens (primary N) is 1. The van der Waals surface area contributed by atoms with Gasteiger partial charge in [-0.15, -0.1) is 10.2 Å².